The Labute approximate surface area is 343 Å². The molecule has 1 heteroatoms. The van der Waals surface area contributed by atoms with Crippen LogP contribution in [0.3, 0.4) is 0 Å². The Balaban J connectivity index is 1.20. The Morgan fingerprint density at radius 2 is 0.684 bits per heavy atom. The molecule has 57 heavy (non-hydrogen) atoms. The van der Waals surface area contributed by atoms with Crippen molar-refractivity contribution >= 4 is 70.9 Å². The second-order valence-electron chi connectivity index (χ2n) is 14.2. The fourth-order valence-electron chi connectivity index (χ4n) is 8.28. The molecule has 11 aromatic carbocycles. The maximum absolute atomic E-state index is 9.81. The summed E-state index contributed by atoms with van der Waals surface area (Å²) in [6, 6.07) is 53.7. The summed E-state index contributed by atoms with van der Waals surface area (Å²) in [6.07, 6.45) is 0. The van der Waals surface area contributed by atoms with E-state index in [1.807, 2.05) is 133 Å². The summed E-state index contributed by atoms with van der Waals surface area (Å²) in [4.78, 5) is 1.39. The highest BCUT2D eigenvalue weighted by atomic mass is 15.1. The quantitative estimate of drug-likeness (QED) is 0.154. The zero-order valence-electron chi connectivity index (χ0n) is 38.7. The van der Waals surface area contributed by atoms with E-state index < -0.39 is 24.2 Å². The van der Waals surface area contributed by atoms with Gasteiger partial charge in [0.05, 0.1) is 11.0 Å². The molecule has 0 radical (unpaired) electrons. The molecule has 11 aromatic rings. The van der Waals surface area contributed by atoms with Crippen molar-refractivity contribution in [2.45, 2.75) is 0 Å². The minimum Gasteiger partial charge on any atom is -0.310 e. The van der Waals surface area contributed by atoms with E-state index in [1.165, 1.54) is 4.90 Å². The molecule has 0 heterocycles. The van der Waals surface area contributed by atoms with Gasteiger partial charge in [-0.05, 0) is 136 Å². The van der Waals surface area contributed by atoms with E-state index in [0.29, 0.717) is 16.8 Å². The van der Waals surface area contributed by atoms with Gasteiger partial charge in [0.1, 0.15) is 0 Å². The number of fused-ring (bicyclic) bond motifs is 7. The van der Waals surface area contributed by atoms with Gasteiger partial charge in [0.15, 0.2) is 0 Å². The molecule has 0 aromatic heterocycles. The summed E-state index contributed by atoms with van der Waals surface area (Å²) >= 11 is 0. The van der Waals surface area contributed by atoms with Crippen LogP contribution in [-0.4, -0.2) is 0 Å². The Morgan fingerprint density at radius 1 is 0.263 bits per heavy atom. The van der Waals surface area contributed by atoms with E-state index >= 15 is 0 Å². The maximum atomic E-state index is 9.81. The highest BCUT2D eigenvalue weighted by Crippen LogP contribution is 2.42. The third kappa shape index (κ3) is 5.72. The summed E-state index contributed by atoms with van der Waals surface area (Å²) in [5.41, 5.74) is 2.94. The van der Waals surface area contributed by atoms with Gasteiger partial charge in [0.2, 0.25) is 0 Å². The first-order valence-electron chi connectivity index (χ1n) is 23.0. The van der Waals surface area contributed by atoms with Gasteiger partial charge in [0.25, 0.3) is 0 Å². The Morgan fingerprint density at radius 3 is 1.26 bits per heavy atom. The highest BCUT2D eigenvalue weighted by molar-refractivity contribution is 6.15. The summed E-state index contributed by atoms with van der Waals surface area (Å²) < 4.78 is 77.5. The normalized spacial score (nSPS) is 13.5. The van der Waals surface area contributed by atoms with Crippen LogP contribution >= 0.6 is 0 Å². The van der Waals surface area contributed by atoms with Crippen LogP contribution in [0, 0.1) is 0 Å². The lowest BCUT2D eigenvalue weighted by atomic mass is 9.92. The molecule has 0 aliphatic rings. The molecule has 0 saturated carbocycles. The third-order valence-electron chi connectivity index (χ3n) is 11.0. The van der Waals surface area contributed by atoms with E-state index in [2.05, 4.69) is 30.3 Å². The fourth-order valence-corrected chi connectivity index (χ4v) is 8.28. The van der Waals surface area contributed by atoms with Crippen LogP contribution in [0.15, 0.2) is 224 Å². The van der Waals surface area contributed by atoms with Gasteiger partial charge in [-0.15, -0.1) is 0 Å². The Hall–Kier alpha value is -7.48. The first-order chi connectivity index (χ1) is 31.6. The monoisotopic (exact) mass is 731 g/mol. The van der Waals surface area contributed by atoms with E-state index in [9.17, 15) is 11.0 Å². The van der Waals surface area contributed by atoms with Crippen LogP contribution < -0.4 is 4.90 Å². The number of hydrogen-bond acceptors (Lipinski definition) is 1. The van der Waals surface area contributed by atoms with Crippen molar-refractivity contribution in [3.8, 4) is 33.4 Å². The minimum absolute atomic E-state index is 0.118. The Kier molecular flexibility index (Phi) is 6.13. The van der Waals surface area contributed by atoms with Crippen LogP contribution in [0.25, 0.3) is 87.2 Å². The average Bonchev–Trinajstić information content (AvgIpc) is 3.34. The number of anilines is 3. The standard InChI is InChI=1S/C56H37N/c1-4-19-47-38(13-1)16-12-26-48(47)39-27-31-44(32-28-39)57(45-33-29-40(30-34-45)55-36-42-14-2-5-20-49(42)51-22-7-9-24-53(51)55)46-18-11-17-41(35-46)56-37-43-15-3-6-21-50(43)52-23-8-10-25-54(52)56/h1-37H/i27D,28D,29D,30D,31D,32D,33D,34D. The van der Waals surface area contributed by atoms with E-state index in [1.54, 1.807) is 12.1 Å². The molecule has 0 unspecified atom stereocenters. The smallest absolute Gasteiger partial charge is 0.0645 e. The van der Waals surface area contributed by atoms with Crippen molar-refractivity contribution < 1.29 is 11.0 Å². The summed E-state index contributed by atoms with van der Waals surface area (Å²) in [7, 11) is 0. The summed E-state index contributed by atoms with van der Waals surface area (Å²) in [5, 5.41) is 9.41. The zero-order chi connectivity index (χ0) is 44.7. The van der Waals surface area contributed by atoms with Crippen molar-refractivity contribution in [3.63, 3.8) is 0 Å². The number of nitrogens with zero attached hydrogens (tertiary/aromatic N) is 1. The molecule has 11 rings (SSSR count). The van der Waals surface area contributed by atoms with Crippen molar-refractivity contribution in [2.75, 3.05) is 4.90 Å². The largest absolute Gasteiger partial charge is 0.310 e. The molecule has 0 aliphatic carbocycles. The molecule has 0 fully saturated rings. The second kappa shape index (κ2) is 13.7. The fraction of sp³-hybridized carbons (Fsp3) is 0. The van der Waals surface area contributed by atoms with E-state index in [-0.39, 0.29) is 46.7 Å². The van der Waals surface area contributed by atoms with Gasteiger partial charge < -0.3 is 4.90 Å². The molecular formula is C56H37N. The average molecular weight is 732 g/mol. The van der Waals surface area contributed by atoms with Crippen molar-refractivity contribution in [2.24, 2.45) is 0 Å². The van der Waals surface area contributed by atoms with Gasteiger partial charge in [-0.2, -0.15) is 0 Å². The predicted octanol–water partition coefficient (Wildman–Crippen LogP) is 15.9. The number of rotatable bonds is 6. The van der Waals surface area contributed by atoms with Crippen LogP contribution in [0.2, 0.25) is 0 Å². The van der Waals surface area contributed by atoms with E-state index in [0.717, 1.165) is 65.0 Å². The molecule has 0 atom stereocenters. The van der Waals surface area contributed by atoms with Crippen molar-refractivity contribution in [1.29, 1.82) is 0 Å². The predicted molar refractivity (Wildman–Crippen MR) is 245 cm³/mol. The molecule has 0 spiro atoms. The molecule has 0 saturated heterocycles. The van der Waals surface area contributed by atoms with Gasteiger partial charge in [-0.1, -0.05) is 176 Å². The van der Waals surface area contributed by atoms with Crippen molar-refractivity contribution in [1.82, 2.24) is 0 Å². The first-order valence-corrected chi connectivity index (χ1v) is 19.0. The lowest BCUT2D eigenvalue weighted by molar-refractivity contribution is 1.28. The molecular weight excluding hydrogens is 687 g/mol. The maximum Gasteiger partial charge on any atom is 0.0645 e. The zero-order valence-corrected chi connectivity index (χ0v) is 30.7. The Bertz CT molecular complexity index is 3720. The summed E-state index contributed by atoms with van der Waals surface area (Å²) in [5.74, 6) is 0. The van der Waals surface area contributed by atoms with Crippen LogP contribution in [0.5, 0.6) is 0 Å². The van der Waals surface area contributed by atoms with Gasteiger partial charge in [-0.25, -0.2) is 0 Å². The van der Waals surface area contributed by atoms with Gasteiger partial charge in [-0.3, -0.25) is 0 Å². The van der Waals surface area contributed by atoms with Crippen LogP contribution in [0.1, 0.15) is 11.0 Å². The van der Waals surface area contributed by atoms with Gasteiger partial charge in [0, 0.05) is 17.1 Å². The van der Waals surface area contributed by atoms with Crippen LogP contribution in [0.4, 0.5) is 17.1 Å². The number of hydrogen-bond donors (Lipinski definition) is 0. The van der Waals surface area contributed by atoms with Gasteiger partial charge >= 0.3 is 0 Å². The van der Waals surface area contributed by atoms with Crippen molar-refractivity contribution in [3.05, 3.63) is 224 Å². The number of benzene rings is 11. The van der Waals surface area contributed by atoms with Crippen LogP contribution in [-0.2, 0) is 0 Å². The molecule has 0 N–H and O–H groups in total. The SMILES string of the molecule is [2H]c1c([2H])c(N(c2cccc(-c3cc4ccccc4c4ccccc34)c2)c2c([2H])c([2H])c(-c3cc4ccccc4c4ccccc34)c([2H])c2[2H])c([2H])c([2H])c1-c1cccc2ccccc12. The first kappa shape index (κ1) is 25.6. The molecule has 0 bridgehead atoms. The van der Waals surface area contributed by atoms with E-state index in [4.69, 9.17) is 0 Å². The molecule has 1 nitrogen and oxygen atoms in total. The summed E-state index contributed by atoms with van der Waals surface area (Å²) in [6.45, 7) is 0. The third-order valence-corrected chi connectivity index (χ3v) is 11.0. The molecule has 0 aliphatic heterocycles. The topological polar surface area (TPSA) is 3.24 Å². The molecule has 0 amide bonds. The lowest BCUT2D eigenvalue weighted by Crippen LogP contribution is -2.10. The second-order valence-corrected chi connectivity index (χ2v) is 14.2. The lowest BCUT2D eigenvalue weighted by Gasteiger charge is -2.27. The molecule has 266 valence electrons. The highest BCUT2D eigenvalue weighted by Gasteiger charge is 2.17. The minimum atomic E-state index is -0.394.